The molecule has 0 saturated carbocycles. The number of nitrogens with one attached hydrogen (secondary N) is 6. The monoisotopic (exact) mass is 846 g/mol. The van der Waals surface area contributed by atoms with Crippen LogP contribution in [0.25, 0.3) is 10.9 Å². The molecule has 5 atom stereocenters. The van der Waals surface area contributed by atoms with Gasteiger partial charge >= 0.3 is 6.03 Å². The fourth-order valence-electron chi connectivity index (χ4n) is 5.91. The van der Waals surface area contributed by atoms with Crippen molar-refractivity contribution in [1.29, 1.82) is 0 Å². The van der Waals surface area contributed by atoms with E-state index in [2.05, 4.69) is 47.6 Å². The van der Waals surface area contributed by atoms with Crippen LogP contribution in [0.4, 0.5) is 4.79 Å². The summed E-state index contributed by atoms with van der Waals surface area (Å²) in [4.78, 5) is 83.3. The minimum atomic E-state index is -1.20. The third kappa shape index (κ3) is 13.4. The number of fused-ring (bicyclic) bond motifs is 1. The normalized spacial score (nSPS) is 13.6. The molecule has 12 N–H and O–H groups in total. The Labute approximate surface area is 339 Å². The average molecular weight is 848 g/mol. The lowest BCUT2D eigenvalue weighted by atomic mass is 10.0. The van der Waals surface area contributed by atoms with Crippen LogP contribution in [0.1, 0.15) is 49.8 Å². The zero-order valence-electron chi connectivity index (χ0n) is 31.9. The van der Waals surface area contributed by atoms with Gasteiger partial charge in [0.1, 0.15) is 24.2 Å². The number of hydrogen-bond donors (Lipinski definition) is 9. The third-order valence-corrected chi connectivity index (χ3v) is 9.67. The van der Waals surface area contributed by atoms with Crippen molar-refractivity contribution in [3.8, 4) is 0 Å². The van der Waals surface area contributed by atoms with E-state index in [4.69, 9.17) is 17.2 Å². The molecule has 304 valence electrons. The highest BCUT2D eigenvalue weighted by atomic mass is 79.9. The number of unbranched alkanes of at least 4 members (excludes halogenated alkanes) is 1. The highest BCUT2D eigenvalue weighted by Gasteiger charge is 2.31. The SMILES string of the molecule is C[C@H](N)C(=O)N[C@H](Cc1c[nH]c2ccccc12)C(=O)N[C@@H](C)C(=O)NN(Cc1ccc(Br)cc1)C(=O)N[C@H](Cc1ccccc1)C(=O)N[C@@H](CCCCN)C(N)=O. The maximum absolute atomic E-state index is 14.1. The lowest BCUT2D eigenvalue weighted by molar-refractivity contribution is -0.133. The molecular formula is C40H51BrN10O6. The molecule has 17 heteroatoms. The second kappa shape index (κ2) is 21.5. The Morgan fingerprint density at radius 2 is 1.35 bits per heavy atom. The van der Waals surface area contributed by atoms with Crippen LogP contribution >= 0.6 is 15.9 Å². The first-order valence-corrected chi connectivity index (χ1v) is 19.4. The van der Waals surface area contributed by atoms with E-state index in [-0.39, 0.29) is 25.8 Å². The van der Waals surface area contributed by atoms with E-state index in [1.807, 2.05) is 30.3 Å². The van der Waals surface area contributed by atoms with Crippen LogP contribution in [0.5, 0.6) is 0 Å². The Morgan fingerprint density at radius 1 is 0.719 bits per heavy atom. The van der Waals surface area contributed by atoms with Gasteiger partial charge in [0.05, 0.1) is 12.6 Å². The molecule has 0 aliphatic heterocycles. The van der Waals surface area contributed by atoms with Crippen molar-refractivity contribution in [3.63, 3.8) is 0 Å². The second-order valence-electron chi connectivity index (χ2n) is 13.8. The van der Waals surface area contributed by atoms with E-state index >= 15 is 0 Å². The predicted molar refractivity (Wildman–Crippen MR) is 220 cm³/mol. The van der Waals surface area contributed by atoms with Crippen molar-refractivity contribution in [2.75, 3.05) is 6.54 Å². The smallest absolute Gasteiger partial charge is 0.337 e. The number of primary amides is 1. The van der Waals surface area contributed by atoms with Gasteiger partial charge in [-0.2, -0.15) is 0 Å². The van der Waals surface area contributed by atoms with E-state index in [1.54, 1.807) is 54.7 Å². The minimum absolute atomic E-state index is 0.0458. The highest BCUT2D eigenvalue weighted by molar-refractivity contribution is 9.10. The van der Waals surface area contributed by atoms with Gasteiger partial charge in [-0.1, -0.05) is 76.6 Å². The zero-order valence-corrected chi connectivity index (χ0v) is 33.5. The molecule has 0 aliphatic rings. The zero-order chi connectivity index (χ0) is 41.5. The van der Waals surface area contributed by atoms with Crippen molar-refractivity contribution >= 4 is 62.4 Å². The first kappa shape index (κ1) is 43.9. The Bertz CT molecular complexity index is 1990. The summed E-state index contributed by atoms with van der Waals surface area (Å²) in [5, 5.41) is 12.6. The number of aromatic nitrogens is 1. The number of rotatable bonds is 19. The van der Waals surface area contributed by atoms with Crippen LogP contribution < -0.4 is 43.9 Å². The van der Waals surface area contributed by atoms with Gasteiger partial charge in [-0.25, -0.2) is 9.80 Å². The van der Waals surface area contributed by atoms with Crippen molar-refractivity contribution in [3.05, 3.63) is 106 Å². The number of H-pyrrole nitrogens is 1. The molecule has 1 heterocycles. The Morgan fingerprint density at radius 3 is 2.02 bits per heavy atom. The van der Waals surface area contributed by atoms with Crippen molar-refractivity contribution in [1.82, 2.24) is 36.7 Å². The number of hydrogen-bond acceptors (Lipinski definition) is 8. The van der Waals surface area contributed by atoms with Gasteiger partial charge in [-0.05, 0) is 74.5 Å². The summed E-state index contributed by atoms with van der Waals surface area (Å²) < 4.78 is 0.788. The summed E-state index contributed by atoms with van der Waals surface area (Å²) in [6, 6.07) is 17.2. The number of para-hydroxylation sites is 1. The fourth-order valence-corrected chi connectivity index (χ4v) is 6.18. The van der Waals surface area contributed by atoms with Crippen LogP contribution in [-0.2, 0) is 43.4 Å². The summed E-state index contributed by atoms with van der Waals surface area (Å²) in [6.07, 6.45) is 3.32. The molecule has 0 saturated heterocycles. The molecule has 0 spiro atoms. The lowest BCUT2D eigenvalue weighted by Gasteiger charge is -2.29. The van der Waals surface area contributed by atoms with Crippen LogP contribution in [0, 0.1) is 0 Å². The maximum Gasteiger partial charge on any atom is 0.337 e. The first-order valence-electron chi connectivity index (χ1n) is 18.6. The molecule has 3 aromatic carbocycles. The van der Waals surface area contributed by atoms with E-state index in [9.17, 15) is 28.8 Å². The summed E-state index contributed by atoms with van der Waals surface area (Å²) in [5.74, 6) is -3.37. The molecule has 1 aromatic heterocycles. The number of carbonyl (C=O) groups excluding carboxylic acids is 6. The van der Waals surface area contributed by atoms with Gasteiger partial charge in [0.25, 0.3) is 5.91 Å². The summed E-state index contributed by atoms with van der Waals surface area (Å²) in [6.45, 7) is 3.19. The third-order valence-electron chi connectivity index (χ3n) is 9.15. The topological polar surface area (TPSA) is 260 Å². The van der Waals surface area contributed by atoms with Gasteiger partial charge in [-0.3, -0.25) is 29.4 Å². The Hall–Kier alpha value is -5.78. The van der Waals surface area contributed by atoms with E-state index < -0.39 is 65.8 Å². The van der Waals surface area contributed by atoms with Gasteiger partial charge < -0.3 is 43.5 Å². The van der Waals surface area contributed by atoms with Crippen LogP contribution in [0.3, 0.4) is 0 Å². The maximum atomic E-state index is 14.1. The van der Waals surface area contributed by atoms with Gasteiger partial charge in [0, 0.05) is 34.4 Å². The fraction of sp³-hybridized carbons (Fsp3) is 0.350. The van der Waals surface area contributed by atoms with Gasteiger partial charge in [-0.15, -0.1) is 0 Å². The van der Waals surface area contributed by atoms with Crippen LogP contribution in [-0.4, -0.2) is 82.3 Å². The number of nitrogens with zero attached hydrogens (tertiary/aromatic N) is 1. The number of aromatic amines is 1. The van der Waals surface area contributed by atoms with Crippen molar-refractivity contribution < 1.29 is 28.8 Å². The molecular weight excluding hydrogens is 796 g/mol. The number of hydrazine groups is 1. The molecule has 4 aromatic rings. The molecule has 0 bridgehead atoms. The first-order chi connectivity index (χ1) is 27.2. The number of halogens is 1. The Kier molecular flexibility index (Phi) is 16.6. The number of nitrogens with two attached hydrogens (primary N) is 3. The standard InChI is InChI=1S/C40H51BrN10O6/c1-24(43)36(53)48-34(21-28-22-45-31-13-7-6-12-30(28)31)38(55)46-25(2)37(54)50-51(23-27-15-17-29(41)18-16-27)40(57)49-33(20-26-10-4-3-5-11-26)39(56)47-32(35(44)52)14-8-9-19-42/h3-7,10-13,15-18,22,24-25,32-34,45H,8-9,14,19-21,23,42-43H2,1-2H3,(H2,44,52)(H,46,55)(H,47,56)(H,48,53)(H,49,57)(H,50,54)/t24-,25-,32-,33+,34+/m0/s1. The highest BCUT2D eigenvalue weighted by Crippen LogP contribution is 2.19. The minimum Gasteiger partial charge on any atom is -0.368 e. The summed E-state index contributed by atoms with van der Waals surface area (Å²) in [7, 11) is 0. The molecule has 57 heavy (non-hydrogen) atoms. The van der Waals surface area contributed by atoms with Gasteiger partial charge in [0.15, 0.2) is 0 Å². The van der Waals surface area contributed by atoms with Gasteiger partial charge in [0.2, 0.25) is 23.6 Å². The van der Waals surface area contributed by atoms with E-state index in [1.165, 1.54) is 13.8 Å². The average Bonchev–Trinajstić information content (AvgIpc) is 3.60. The molecule has 0 radical (unpaired) electrons. The number of carbonyl (C=O) groups is 6. The molecule has 0 fully saturated rings. The van der Waals surface area contributed by atoms with Crippen LogP contribution in [0.15, 0.2) is 89.5 Å². The van der Waals surface area contributed by atoms with E-state index in [0.29, 0.717) is 24.9 Å². The van der Waals surface area contributed by atoms with Crippen molar-refractivity contribution in [2.24, 2.45) is 17.2 Å². The molecule has 4 rings (SSSR count). The number of urea groups is 1. The molecule has 0 aliphatic carbocycles. The van der Waals surface area contributed by atoms with E-state index in [0.717, 1.165) is 31.5 Å². The number of benzene rings is 3. The summed E-state index contributed by atoms with van der Waals surface area (Å²) in [5.41, 5.74) is 22.5. The largest absolute Gasteiger partial charge is 0.368 e. The lowest BCUT2D eigenvalue weighted by Crippen LogP contribution is -2.60. The molecule has 0 unspecified atom stereocenters. The molecule has 7 amide bonds. The molecule has 16 nitrogen and oxygen atoms in total. The summed E-state index contributed by atoms with van der Waals surface area (Å²) >= 11 is 3.40. The number of amides is 7. The van der Waals surface area contributed by atoms with Crippen molar-refractivity contribution in [2.45, 2.75) is 82.7 Å². The predicted octanol–water partition coefficient (Wildman–Crippen LogP) is 1.76. The second-order valence-corrected chi connectivity index (χ2v) is 14.7. The quantitative estimate of drug-likeness (QED) is 0.0495. The Balaban J connectivity index is 1.54. The van der Waals surface area contributed by atoms with Crippen LogP contribution in [0.2, 0.25) is 0 Å².